The van der Waals surface area contributed by atoms with E-state index in [-0.39, 0.29) is 5.82 Å². The maximum Gasteiger partial charge on any atom is 0.146 e. The zero-order chi connectivity index (χ0) is 13.9. The van der Waals surface area contributed by atoms with Crippen LogP contribution in [0.2, 0.25) is 0 Å². The van der Waals surface area contributed by atoms with Crippen molar-refractivity contribution in [1.82, 2.24) is 5.32 Å². The molecule has 19 heavy (non-hydrogen) atoms. The highest BCUT2D eigenvalue weighted by atomic mass is 19.1. The van der Waals surface area contributed by atoms with Gasteiger partial charge >= 0.3 is 0 Å². The topological polar surface area (TPSA) is 15.3 Å². The minimum Gasteiger partial charge on any atom is -0.368 e. The minimum atomic E-state index is -0.112. The number of hydrogen-bond donors (Lipinski definition) is 1. The molecule has 1 aliphatic rings. The van der Waals surface area contributed by atoms with E-state index in [1.807, 2.05) is 12.1 Å². The van der Waals surface area contributed by atoms with Crippen molar-refractivity contribution in [1.29, 1.82) is 0 Å². The first-order chi connectivity index (χ1) is 8.96. The van der Waals surface area contributed by atoms with Gasteiger partial charge in [0.1, 0.15) is 5.82 Å². The molecule has 1 aromatic carbocycles. The van der Waals surface area contributed by atoms with E-state index < -0.39 is 0 Å². The van der Waals surface area contributed by atoms with E-state index in [0.717, 1.165) is 31.7 Å². The molecule has 0 aromatic heterocycles. The molecule has 1 unspecified atom stereocenters. The van der Waals surface area contributed by atoms with Gasteiger partial charge in [0.2, 0.25) is 0 Å². The van der Waals surface area contributed by atoms with Gasteiger partial charge in [0, 0.05) is 25.7 Å². The molecule has 3 heteroatoms. The van der Waals surface area contributed by atoms with Crippen LogP contribution in [-0.4, -0.2) is 25.7 Å². The Morgan fingerprint density at radius 2 is 2.05 bits per heavy atom. The summed E-state index contributed by atoms with van der Waals surface area (Å²) in [6.07, 6.45) is 2.30. The second-order valence-corrected chi connectivity index (χ2v) is 6.68. The van der Waals surface area contributed by atoms with Crippen LogP contribution in [0.4, 0.5) is 10.1 Å². The van der Waals surface area contributed by atoms with Crippen molar-refractivity contribution >= 4 is 5.69 Å². The van der Waals surface area contributed by atoms with Gasteiger partial charge in [-0.25, -0.2) is 4.39 Å². The largest absolute Gasteiger partial charge is 0.368 e. The maximum absolute atomic E-state index is 13.8. The summed E-state index contributed by atoms with van der Waals surface area (Å²) in [5.41, 5.74) is 1.03. The summed E-state index contributed by atoms with van der Waals surface area (Å²) in [7, 11) is 0. The molecular weight excluding hydrogens is 239 g/mol. The Bertz CT molecular complexity index is 411. The lowest BCUT2D eigenvalue weighted by Crippen LogP contribution is -2.48. The van der Waals surface area contributed by atoms with E-state index in [0.29, 0.717) is 11.5 Å². The van der Waals surface area contributed by atoms with Crippen molar-refractivity contribution in [2.75, 3.05) is 24.5 Å². The molecule has 106 valence electrons. The average Bonchev–Trinajstić information content (AvgIpc) is 2.36. The number of anilines is 1. The van der Waals surface area contributed by atoms with E-state index in [2.05, 4.69) is 31.0 Å². The Balaban J connectivity index is 1.96. The van der Waals surface area contributed by atoms with Gasteiger partial charge in [-0.1, -0.05) is 32.9 Å². The molecule has 1 aliphatic heterocycles. The van der Waals surface area contributed by atoms with Crippen molar-refractivity contribution < 1.29 is 4.39 Å². The normalized spacial score (nSPS) is 20.6. The molecule has 0 saturated carbocycles. The lowest BCUT2D eigenvalue weighted by molar-refractivity contribution is 0.328. The molecule has 1 saturated heterocycles. The molecule has 1 fully saturated rings. The molecular formula is C16H25FN2. The summed E-state index contributed by atoms with van der Waals surface area (Å²) in [5, 5.41) is 3.62. The Morgan fingerprint density at radius 3 is 2.74 bits per heavy atom. The van der Waals surface area contributed by atoms with Crippen molar-refractivity contribution in [3.05, 3.63) is 30.1 Å². The highest BCUT2D eigenvalue weighted by Gasteiger charge is 2.22. The Morgan fingerprint density at radius 1 is 1.32 bits per heavy atom. The van der Waals surface area contributed by atoms with Crippen LogP contribution < -0.4 is 10.2 Å². The van der Waals surface area contributed by atoms with Crippen molar-refractivity contribution in [3.63, 3.8) is 0 Å². The molecule has 0 amide bonds. The third kappa shape index (κ3) is 4.20. The van der Waals surface area contributed by atoms with Crippen LogP contribution in [0.3, 0.4) is 0 Å². The fraction of sp³-hybridized carbons (Fsp3) is 0.625. The molecule has 0 aliphatic carbocycles. The van der Waals surface area contributed by atoms with Crippen molar-refractivity contribution in [2.24, 2.45) is 5.41 Å². The van der Waals surface area contributed by atoms with Crippen LogP contribution in [0.25, 0.3) is 0 Å². The molecule has 0 bridgehead atoms. The molecule has 2 rings (SSSR count). The number of rotatable bonds is 3. The number of benzene rings is 1. The molecule has 2 nitrogen and oxygen atoms in total. The molecule has 0 spiro atoms. The highest BCUT2D eigenvalue weighted by Crippen LogP contribution is 2.23. The lowest BCUT2D eigenvalue weighted by Gasteiger charge is -2.36. The monoisotopic (exact) mass is 264 g/mol. The van der Waals surface area contributed by atoms with Gasteiger partial charge in [-0.05, 0) is 30.4 Å². The Labute approximate surface area is 116 Å². The van der Waals surface area contributed by atoms with Gasteiger partial charge in [-0.15, -0.1) is 0 Å². The van der Waals surface area contributed by atoms with Crippen molar-refractivity contribution in [3.8, 4) is 0 Å². The number of piperidine rings is 1. The van der Waals surface area contributed by atoms with Gasteiger partial charge in [-0.2, -0.15) is 0 Å². The Hall–Kier alpha value is -1.09. The van der Waals surface area contributed by atoms with Crippen LogP contribution in [0.1, 0.15) is 33.6 Å². The predicted molar refractivity (Wildman–Crippen MR) is 79.1 cm³/mol. The predicted octanol–water partition coefficient (Wildman–Crippen LogP) is 3.43. The average molecular weight is 264 g/mol. The second-order valence-electron chi connectivity index (χ2n) is 6.68. The number of para-hydroxylation sites is 1. The van der Waals surface area contributed by atoms with Crippen LogP contribution in [0, 0.1) is 11.2 Å². The second kappa shape index (κ2) is 5.91. The van der Waals surface area contributed by atoms with Gasteiger partial charge in [-0.3, -0.25) is 0 Å². The van der Waals surface area contributed by atoms with E-state index in [4.69, 9.17) is 0 Å². The quantitative estimate of drug-likeness (QED) is 0.900. The smallest absolute Gasteiger partial charge is 0.146 e. The van der Waals surface area contributed by atoms with Crippen LogP contribution in [0.5, 0.6) is 0 Å². The van der Waals surface area contributed by atoms with E-state index in [1.54, 1.807) is 12.1 Å². The fourth-order valence-corrected chi connectivity index (χ4v) is 2.52. The lowest BCUT2D eigenvalue weighted by atomic mass is 9.95. The van der Waals surface area contributed by atoms with Crippen LogP contribution >= 0.6 is 0 Å². The summed E-state index contributed by atoms with van der Waals surface area (Å²) in [4.78, 5) is 2.17. The Kier molecular flexibility index (Phi) is 4.46. The zero-order valence-electron chi connectivity index (χ0n) is 12.2. The summed E-state index contributed by atoms with van der Waals surface area (Å²) in [5.74, 6) is -0.112. The van der Waals surface area contributed by atoms with Gasteiger partial charge in [0.05, 0.1) is 5.69 Å². The molecule has 1 atom stereocenters. The van der Waals surface area contributed by atoms with Crippen LogP contribution in [-0.2, 0) is 0 Å². The first-order valence-electron chi connectivity index (χ1n) is 7.18. The number of nitrogens with zero attached hydrogens (tertiary/aromatic N) is 1. The van der Waals surface area contributed by atoms with Crippen LogP contribution in [0.15, 0.2) is 24.3 Å². The molecule has 1 N–H and O–H groups in total. The third-order valence-electron chi connectivity index (χ3n) is 3.54. The minimum absolute atomic E-state index is 0.112. The van der Waals surface area contributed by atoms with E-state index in [1.165, 1.54) is 6.42 Å². The maximum atomic E-state index is 13.8. The van der Waals surface area contributed by atoms with Gasteiger partial charge in [0.25, 0.3) is 0 Å². The summed E-state index contributed by atoms with van der Waals surface area (Å²) in [6.45, 7) is 9.56. The first kappa shape index (κ1) is 14.3. The summed E-state index contributed by atoms with van der Waals surface area (Å²) >= 11 is 0. The summed E-state index contributed by atoms with van der Waals surface area (Å²) < 4.78 is 13.8. The third-order valence-corrected chi connectivity index (χ3v) is 3.54. The summed E-state index contributed by atoms with van der Waals surface area (Å²) in [6, 6.07) is 7.54. The SMILES string of the molecule is CC(C)(C)CNC1CCCN(c2ccccc2F)C1. The molecule has 1 heterocycles. The zero-order valence-corrected chi connectivity index (χ0v) is 12.2. The standard InChI is InChI=1S/C16H25FN2/c1-16(2,3)12-18-13-7-6-10-19(11-13)15-9-5-4-8-14(15)17/h4-5,8-9,13,18H,6-7,10-12H2,1-3H3. The molecule has 0 radical (unpaired) electrons. The first-order valence-corrected chi connectivity index (χ1v) is 7.18. The number of hydrogen-bond acceptors (Lipinski definition) is 2. The fourth-order valence-electron chi connectivity index (χ4n) is 2.52. The number of halogens is 1. The van der Waals surface area contributed by atoms with Gasteiger partial charge in [0.15, 0.2) is 0 Å². The highest BCUT2D eigenvalue weighted by molar-refractivity contribution is 5.48. The van der Waals surface area contributed by atoms with E-state index in [9.17, 15) is 4.39 Å². The number of nitrogens with one attached hydrogen (secondary N) is 1. The molecule has 1 aromatic rings. The van der Waals surface area contributed by atoms with E-state index >= 15 is 0 Å². The van der Waals surface area contributed by atoms with Gasteiger partial charge < -0.3 is 10.2 Å². The van der Waals surface area contributed by atoms with Crippen molar-refractivity contribution in [2.45, 2.75) is 39.7 Å².